The van der Waals surface area contributed by atoms with Crippen molar-refractivity contribution in [1.82, 2.24) is 0 Å². The number of unbranched alkanes of at least 4 members (excludes halogenated alkanes) is 1. The molecule has 0 radical (unpaired) electrons. The van der Waals surface area contributed by atoms with Crippen molar-refractivity contribution in [2.45, 2.75) is 46.1 Å². The van der Waals surface area contributed by atoms with Gasteiger partial charge in [-0.15, -0.1) is 0 Å². The van der Waals surface area contributed by atoms with E-state index in [9.17, 15) is 4.79 Å². The summed E-state index contributed by atoms with van der Waals surface area (Å²) in [4.78, 5) is 10.8. The molecular weight excluding hydrogens is 176 g/mol. The Balaban J connectivity index is 4.02. The van der Waals surface area contributed by atoms with E-state index >= 15 is 0 Å². The molecule has 0 aromatic carbocycles. The summed E-state index contributed by atoms with van der Waals surface area (Å²) in [5, 5.41) is 0. The van der Waals surface area contributed by atoms with Crippen LogP contribution in [-0.2, 0) is 9.53 Å². The van der Waals surface area contributed by atoms with Gasteiger partial charge in [0.25, 0.3) is 0 Å². The van der Waals surface area contributed by atoms with Gasteiger partial charge in [-0.25, -0.2) is 0 Å². The maximum atomic E-state index is 10.8. The number of esters is 1. The van der Waals surface area contributed by atoms with Crippen LogP contribution in [-0.4, -0.2) is 12.1 Å². The minimum atomic E-state index is -0.212. The highest BCUT2D eigenvalue weighted by Gasteiger charge is 2.06. The molecule has 0 heterocycles. The van der Waals surface area contributed by atoms with Crippen molar-refractivity contribution in [2.75, 3.05) is 0 Å². The summed E-state index contributed by atoms with van der Waals surface area (Å²) >= 11 is 0. The second-order valence-electron chi connectivity index (χ2n) is 3.20. The molecule has 0 aliphatic carbocycles. The fourth-order valence-corrected chi connectivity index (χ4v) is 1.11. The summed E-state index contributed by atoms with van der Waals surface area (Å²) in [6.45, 7) is 5.53. The molecular formula is C12H20O2. The summed E-state index contributed by atoms with van der Waals surface area (Å²) in [5.41, 5.74) is 0. The van der Waals surface area contributed by atoms with Crippen LogP contribution in [0.15, 0.2) is 24.3 Å². The standard InChI is InChI=1S/C12H20O2/c1-4-6-8-10-12(9-7-5-2)14-11(3)13/h4,6,8,10,12H,5,7,9H2,1-3H3/b6-4+,10-8+. The normalized spacial score (nSPS) is 13.6. The third kappa shape index (κ3) is 7.59. The van der Waals surface area contributed by atoms with Gasteiger partial charge >= 0.3 is 5.97 Å². The Morgan fingerprint density at radius 1 is 1.43 bits per heavy atom. The van der Waals surface area contributed by atoms with E-state index in [0.717, 1.165) is 19.3 Å². The van der Waals surface area contributed by atoms with E-state index in [0.29, 0.717) is 0 Å². The van der Waals surface area contributed by atoms with Gasteiger partial charge in [-0.2, -0.15) is 0 Å². The fourth-order valence-electron chi connectivity index (χ4n) is 1.11. The second kappa shape index (κ2) is 8.54. The Labute approximate surface area is 86.6 Å². The highest BCUT2D eigenvalue weighted by Crippen LogP contribution is 2.06. The molecule has 2 nitrogen and oxygen atoms in total. The van der Waals surface area contributed by atoms with Crippen LogP contribution in [0, 0.1) is 0 Å². The average molecular weight is 196 g/mol. The minimum absolute atomic E-state index is 0.0661. The lowest BCUT2D eigenvalue weighted by molar-refractivity contribution is -0.144. The maximum Gasteiger partial charge on any atom is 0.303 e. The van der Waals surface area contributed by atoms with Gasteiger partial charge in [-0.3, -0.25) is 4.79 Å². The zero-order valence-electron chi connectivity index (χ0n) is 9.32. The van der Waals surface area contributed by atoms with Crippen LogP contribution < -0.4 is 0 Å². The second-order valence-corrected chi connectivity index (χ2v) is 3.20. The Bertz CT molecular complexity index is 204. The molecule has 0 saturated carbocycles. The van der Waals surface area contributed by atoms with Crippen LogP contribution in [0.3, 0.4) is 0 Å². The molecule has 0 spiro atoms. The van der Waals surface area contributed by atoms with E-state index in [4.69, 9.17) is 4.74 Å². The molecule has 80 valence electrons. The molecule has 14 heavy (non-hydrogen) atoms. The van der Waals surface area contributed by atoms with Gasteiger partial charge in [-0.1, -0.05) is 31.6 Å². The molecule has 0 N–H and O–H groups in total. The molecule has 2 heteroatoms. The average Bonchev–Trinajstić information content (AvgIpc) is 2.13. The van der Waals surface area contributed by atoms with Gasteiger partial charge in [0.1, 0.15) is 6.10 Å². The molecule has 0 aromatic heterocycles. The Morgan fingerprint density at radius 2 is 2.14 bits per heavy atom. The summed E-state index contributed by atoms with van der Waals surface area (Å²) in [5.74, 6) is -0.212. The monoisotopic (exact) mass is 196 g/mol. The predicted molar refractivity (Wildman–Crippen MR) is 59.0 cm³/mol. The van der Waals surface area contributed by atoms with Gasteiger partial charge < -0.3 is 4.74 Å². The van der Waals surface area contributed by atoms with Crippen LogP contribution >= 0.6 is 0 Å². The topological polar surface area (TPSA) is 26.3 Å². The molecule has 0 aliphatic heterocycles. The first-order valence-corrected chi connectivity index (χ1v) is 5.17. The van der Waals surface area contributed by atoms with Crippen LogP contribution in [0.2, 0.25) is 0 Å². The van der Waals surface area contributed by atoms with Crippen molar-refractivity contribution >= 4 is 5.97 Å². The lowest BCUT2D eigenvalue weighted by atomic mass is 10.1. The maximum absolute atomic E-state index is 10.8. The number of rotatable bonds is 6. The zero-order chi connectivity index (χ0) is 10.8. The summed E-state index contributed by atoms with van der Waals surface area (Å²) in [7, 11) is 0. The lowest BCUT2D eigenvalue weighted by Crippen LogP contribution is -2.13. The zero-order valence-corrected chi connectivity index (χ0v) is 9.32. The smallest absolute Gasteiger partial charge is 0.303 e. The largest absolute Gasteiger partial charge is 0.458 e. The number of hydrogen-bond donors (Lipinski definition) is 0. The van der Waals surface area contributed by atoms with E-state index < -0.39 is 0 Å². The molecule has 0 rings (SSSR count). The SMILES string of the molecule is C/C=C/C=C/C(CCCC)OC(C)=O. The minimum Gasteiger partial charge on any atom is -0.458 e. The number of allylic oxidation sites excluding steroid dienone is 3. The van der Waals surface area contributed by atoms with E-state index in [-0.39, 0.29) is 12.1 Å². The summed E-state index contributed by atoms with van der Waals surface area (Å²) in [6, 6.07) is 0. The molecule has 1 atom stereocenters. The van der Waals surface area contributed by atoms with Crippen molar-refractivity contribution in [3.8, 4) is 0 Å². The first-order valence-electron chi connectivity index (χ1n) is 5.17. The summed E-state index contributed by atoms with van der Waals surface area (Å²) < 4.78 is 5.14. The number of carbonyl (C=O) groups is 1. The van der Waals surface area contributed by atoms with Crippen LogP contribution in [0.1, 0.15) is 40.0 Å². The van der Waals surface area contributed by atoms with Crippen molar-refractivity contribution < 1.29 is 9.53 Å². The van der Waals surface area contributed by atoms with Crippen molar-refractivity contribution in [3.63, 3.8) is 0 Å². The van der Waals surface area contributed by atoms with E-state index in [1.165, 1.54) is 6.92 Å². The third-order valence-electron chi connectivity index (χ3n) is 1.79. The third-order valence-corrected chi connectivity index (χ3v) is 1.79. The van der Waals surface area contributed by atoms with Crippen LogP contribution in [0.4, 0.5) is 0 Å². The Morgan fingerprint density at radius 3 is 2.64 bits per heavy atom. The van der Waals surface area contributed by atoms with E-state index in [1.54, 1.807) is 0 Å². The van der Waals surface area contributed by atoms with E-state index in [2.05, 4.69) is 6.92 Å². The first-order chi connectivity index (χ1) is 6.70. The number of ether oxygens (including phenoxy) is 1. The molecule has 0 saturated heterocycles. The number of carbonyl (C=O) groups excluding carboxylic acids is 1. The summed E-state index contributed by atoms with van der Waals surface area (Å²) in [6.07, 6.45) is 10.8. The molecule has 0 bridgehead atoms. The molecule has 0 amide bonds. The van der Waals surface area contributed by atoms with Crippen molar-refractivity contribution in [1.29, 1.82) is 0 Å². The lowest BCUT2D eigenvalue weighted by Gasteiger charge is -2.11. The fraction of sp³-hybridized carbons (Fsp3) is 0.583. The Kier molecular flexibility index (Phi) is 7.90. The Hall–Kier alpha value is -1.05. The van der Waals surface area contributed by atoms with Gasteiger partial charge in [0.05, 0.1) is 0 Å². The van der Waals surface area contributed by atoms with Gasteiger partial charge in [0.15, 0.2) is 0 Å². The van der Waals surface area contributed by atoms with Gasteiger partial charge in [-0.05, 0) is 25.8 Å². The van der Waals surface area contributed by atoms with E-state index in [1.807, 2.05) is 31.2 Å². The first kappa shape index (κ1) is 12.9. The quantitative estimate of drug-likeness (QED) is 0.481. The van der Waals surface area contributed by atoms with Crippen molar-refractivity contribution in [2.24, 2.45) is 0 Å². The number of hydrogen-bond acceptors (Lipinski definition) is 2. The predicted octanol–water partition coefficient (Wildman–Crippen LogP) is 3.24. The van der Waals surface area contributed by atoms with Crippen LogP contribution in [0.25, 0.3) is 0 Å². The molecule has 0 aromatic rings. The van der Waals surface area contributed by atoms with Crippen molar-refractivity contribution in [3.05, 3.63) is 24.3 Å². The van der Waals surface area contributed by atoms with Gasteiger partial charge in [0.2, 0.25) is 0 Å². The highest BCUT2D eigenvalue weighted by atomic mass is 16.5. The molecule has 0 aliphatic rings. The van der Waals surface area contributed by atoms with Crippen LogP contribution in [0.5, 0.6) is 0 Å². The molecule has 0 fully saturated rings. The molecule has 1 unspecified atom stereocenters. The van der Waals surface area contributed by atoms with Gasteiger partial charge in [0, 0.05) is 6.92 Å². The highest BCUT2D eigenvalue weighted by molar-refractivity contribution is 5.66.